The topological polar surface area (TPSA) is 0 Å². The molecule has 5 rings (SSSR count). The van der Waals surface area contributed by atoms with E-state index in [4.69, 9.17) is 0 Å². The minimum atomic E-state index is 1.15. The molecule has 0 atom stereocenters. The highest BCUT2D eigenvalue weighted by Gasteiger charge is 2.23. The van der Waals surface area contributed by atoms with Crippen molar-refractivity contribution in [2.45, 2.75) is 25.7 Å². The molecule has 0 heteroatoms. The van der Waals surface area contributed by atoms with Crippen LogP contribution in [0.15, 0.2) is 72.8 Å². The molecule has 0 fully saturated rings. The first kappa shape index (κ1) is 13.8. The van der Waals surface area contributed by atoms with Gasteiger partial charge in [-0.05, 0) is 70.2 Å². The minimum Gasteiger partial charge on any atom is -0.0757 e. The highest BCUT2D eigenvalue weighted by molar-refractivity contribution is 5.86. The number of fused-ring (bicyclic) bond motifs is 5. The Morgan fingerprint density at radius 2 is 1.29 bits per heavy atom. The molecule has 0 unspecified atom stereocenters. The SMILES string of the molecule is C1=C(c2ccccc2)c2ccc3c(c2CC1)CCc1ccccc1-3. The molecule has 0 aromatic heterocycles. The fourth-order valence-corrected chi connectivity index (χ4v) is 4.39. The fraction of sp³-hybridized carbons (Fsp3) is 0.167. The predicted molar refractivity (Wildman–Crippen MR) is 101 cm³/mol. The molecule has 0 amide bonds. The van der Waals surface area contributed by atoms with E-state index < -0.39 is 0 Å². The van der Waals surface area contributed by atoms with Crippen LogP contribution in [0.3, 0.4) is 0 Å². The zero-order chi connectivity index (χ0) is 15.9. The summed E-state index contributed by atoms with van der Waals surface area (Å²) in [5.74, 6) is 0. The second-order valence-corrected chi connectivity index (χ2v) is 6.80. The van der Waals surface area contributed by atoms with Crippen molar-refractivity contribution in [3.63, 3.8) is 0 Å². The van der Waals surface area contributed by atoms with Crippen molar-refractivity contribution in [1.82, 2.24) is 0 Å². The summed E-state index contributed by atoms with van der Waals surface area (Å²) in [6, 6.07) is 24.5. The van der Waals surface area contributed by atoms with Crippen LogP contribution in [-0.2, 0) is 19.3 Å². The van der Waals surface area contributed by atoms with E-state index in [0.29, 0.717) is 0 Å². The van der Waals surface area contributed by atoms with Gasteiger partial charge >= 0.3 is 0 Å². The van der Waals surface area contributed by atoms with Gasteiger partial charge < -0.3 is 0 Å². The number of hydrogen-bond acceptors (Lipinski definition) is 0. The molecule has 2 aliphatic rings. The zero-order valence-corrected chi connectivity index (χ0v) is 13.8. The van der Waals surface area contributed by atoms with Gasteiger partial charge in [0.1, 0.15) is 0 Å². The first-order valence-electron chi connectivity index (χ1n) is 8.91. The molecule has 2 aliphatic carbocycles. The Morgan fingerprint density at radius 3 is 2.21 bits per heavy atom. The summed E-state index contributed by atoms with van der Waals surface area (Å²) < 4.78 is 0. The third kappa shape index (κ3) is 2.06. The molecular formula is C24H20. The van der Waals surface area contributed by atoms with Crippen molar-refractivity contribution in [3.8, 4) is 11.1 Å². The summed E-state index contributed by atoms with van der Waals surface area (Å²) in [5, 5.41) is 0. The van der Waals surface area contributed by atoms with E-state index in [2.05, 4.69) is 72.8 Å². The average Bonchev–Trinajstić information content (AvgIpc) is 2.67. The van der Waals surface area contributed by atoms with Gasteiger partial charge in [-0.2, -0.15) is 0 Å². The maximum absolute atomic E-state index is 2.42. The minimum absolute atomic E-state index is 1.15. The van der Waals surface area contributed by atoms with E-state index in [9.17, 15) is 0 Å². The lowest BCUT2D eigenvalue weighted by atomic mass is 9.77. The van der Waals surface area contributed by atoms with Crippen LogP contribution < -0.4 is 0 Å². The van der Waals surface area contributed by atoms with Crippen LogP contribution in [0.25, 0.3) is 16.7 Å². The second-order valence-electron chi connectivity index (χ2n) is 6.80. The Balaban J connectivity index is 1.70. The molecule has 0 saturated heterocycles. The zero-order valence-electron chi connectivity index (χ0n) is 13.8. The Morgan fingerprint density at radius 1 is 0.542 bits per heavy atom. The molecule has 0 saturated carbocycles. The van der Waals surface area contributed by atoms with Crippen LogP contribution in [0.5, 0.6) is 0 Å². The molecular weight excluding hydrogens is 288 g/mol. The predicted octanol–water partition coefficient (Wildman–Crippen LogP) is 5.83. The van der Waals surface area contributed by atoms with Crippen LogP contribution in [-0.4, -0.2) is 0 Å². The van der Waals surface area contributed by atoms with Gasteiger partial charge in [0.15, 0.2) is 0 Å². The second kappa shape index (κ2) is 5.49. The lowest BCUT2D eigenvalue weighted by molar-refractivity contribution is 0.884. The van der Waals surface area contributed by atoms with Gasteiger partial charge in [-0.15, -0.1) is 0 Å². The van der Waals surface area contributed by atoms with Gasteiger partial charge in [-0.25, -0.2) is 0 Å². The number of allylic oxidation sites excluding steroid dienone is 1. The van der Waals surface area contributed by atoms with Gasteiger partial charge in [0.25, 0.3) is 0 Å². The number of hydrogen-bond donors (Lipinski definition) is 0. The van der Waals surface area contributed by atoms with Crippen LogP contribution in [0.4, 0.5) is 0 Å². The van der Waals surface area contributed by atoms with Gasteiger partial charge in [-0.1, -0.05) is 72.8 Å². The smallest absolute Gasteiger partial charge is 0.0146 e. The molecule has 0 radical (unpaired) electrons. The first-order chi connectivity index (χ1) is 11.9. The molecule has 3 aromatic carbocycles. The van der Waals surface area contributed by atoms with E-state index in [1.54, 1.807) is 11.1 Å². The van der Waals surface area contributed by atoms with Crippen LogP contribution >= 0.6 is 0 Å². The van der Waals surface area contributed by atoms with Gasteiger partial charge in [0.2, 0.25) is 0 Å². The molecule has 0 N–H and O–H groups in total. The fourth-order valence-electron chi connectivity index (χ4n) is 4.39. The van der Waals surface area contributed by atoms with Crippen molar-refractivity contribution >= 4 is 5.57 Å². The standard InChI is InChI=1S/C24H20/c1-2-7-17(8-3-1)20-11-6-12-21-22(20)15-16-23-19-10-5-4-9-18(19)13-14-24(21)23/h1-5,7-11,15-16H,6,12-14H2. The van der Waals surface area contributed by atoms with Crippen molar-refractivity contribution in [1.29, 1.82) is 0 Å². The van der Waals surface area contributed by atoms with Gasteiger partial charge in [-0.3, -0.25) is 0 Å². The molecule has 116 valence electrons. The maximum atomic E-state index is 2.42. The maximum Gasteiger partial charge on any atom is -0.0146 e. The van der Waals surface area contributed by atoms with Crippen molar-refractivity contribution in [2.75, 3.05) is 0 Å². The average molecular weight is 308 g/mol. The Bertz CT molecular complexity index is 945. The normalized spacial score (nSPS) is 15.1. The molecule has 0 nitrogen and oxygen atoms in total. The summed E-state index contributed by atoms with van der Waals surface area (Å²) in [6.45, 7) is 0. The summed E-state index contributed by atoms with van der Waals surface area (Å²) in [7, 11) is 0. The van der Waals surface area contributed by atoms with Crippen LogP contribution in [0.2, 0.25) is 0 Å². The Labute approximate surface area is 143 Å². The lowest BCUT2D eigenvalue weighted by Crippen LogP contribution is -2.11. The van der Waals surface area contributed by atoms with E-state index in [1.165, 1.54) is 52.7 Å². The highest BCUT2D eigenvalue weighted by atomic mass is 14.3. The molecule has 0 bridgehead atoms. The van der Waals surface area contributed by atoms with Crippen LogP contribution in [0.1, 0.15) is 34.2 Å². The number of aryl methyl sites for hydroxylation is 1. The number of benzene rings is 3. The van der Waals surface area contributed by atoms with E-state index in [0.717, 1.165) is 6.42 Å². The Kier molecular flexibility index (Phi) is 3.16. The van der Waals surface area contributed by atoms with Gasteiger partial charge in [0.05, 0.1) is 0 Å². The van der Waals surface area contributed by atoms with E-state index >= 15 is 0 Å². The summed E-state index contributed by atoms with van der Waals surface area (Å²) in [5.41, 5.74) is 11.8. The molecule has 24 heavy (non-hydrogen) atoms. The quantitative estimate of drug-likeness (QED) is 0.530. The van der Waals surface area contributed by atoms with E-state index in [-0.39, 0.29) is 0 Å². The lowest BCUT2D eigenvalue weighted by Gasteiger charge is -2.27. The summed E-state index contributed by atoms with van der Waals surface area (Å²) in [6.07, 6.45) is 7.09. The monoisotopic (exact) mass is 308 g/mol. The number of rotatable bonds is 1. The van der Waals surface area contributed by atoms with Crippen molar-refractivity contribution in [3.05, 3.63) is 101 Å². The molecule has 0 heterocycles. The van der Waals surface area contributed by atoms with E-state index in [1.807, 2.05) is 0 Å². The Hall–Kier alpha value is -2.60. The summed E-state index contributed by atoms with van der Waals surface area (Å²) in [4.78, 5) is 0. The van der Waals surface area contributed by atoms with Crippen LogP contribution in [0, 0.1) is 0 Å². The third-order valence-electron chi connectivity index (χ3n) is 5.50. The van der Waals surface area contributed by atoms with Crippen molar-refractivity contribution < 1.29 is 0 Å². The molecule has 3 aromatic rings. The summed E-state index contributed by atoms with van der Waals surface area (Å²) >= 11 is 0. The molecule has 0 aliphatic heterocycles. The third-order valence-corrected chi connectivity index (χ3v) is 5.50. The largest absolute Gasteiger partial charge is 0.0757 e. The van der Waals surface area contributed by atoms with Gasteiger partial charge in [0, 0.05) is 0 Å². The first-order valence-corrected chi connectivity index (χ1v) is 8.91. The highest BCUT2D eigenvalue weighted by Crippen LogP contribution is 2.41. The molecule has 0 spiro atoms. The van der Waals surface area contributed by atoms with Crippen molar-refractivity contribution in [2.24, 2.45) is 0 Å².